The maximum atomic E-state index is 12.0. The smallest absolute Gasteiger partial charge is 0.308 e. The summed E-state index contributed by atoms with van der Waals surface area (Å²) in [6.45, 7) is 4.55. The number of rotatable bonds is 7. The van der Waals surface area contributed by atoms with Gasteiger partial charge in [0.05, 0.1) is 18.7 Å². The first-order valence-corrected chi connectivity index (χ1v) is 7.90. The van der Waals surface area contributed by atoms with Gasteiger partial charge in [0.25, 0.3) is 5.91 Å². The Balaban J connectivity index is 1.72. The van der Waals surface area contributed by atoms with Gasteiger partial charge in [-0.1, -0.05) is 30.3 Å². The molecule has 0 aliphatic rings. The third-order valence-corrected chi connectivity index (χ3v) is 3.68. The van der Waals surface area contributed by atoms with Crippen LogP contribution in [-0.2, 0) is 27.4 Å². The number of aryl methyl sites for hydroxylation is 3. The Morgan fingerprint density at radius 2 is 1.92 bits per heavy atom. The number of carbonyl (C=O) groups is 2. The summed E-state index contributed by atoms with van der Waals surface area (Å²) in [5.41, 5.74) is 2.95. The second-order valence-corrected chi connectivity index (χ2v) is 5.80. The average Bonchev–Trinajstić information content (AvgIpc) is 2.89. The minimum Gasteiger partial charge on any atom is -0.456 e. The van der Waals surface area contributed by atoms with Crippen LogP contribution in [0.3, 0.4) is 0 Å². The predicted octanol–water partition coefficient (Wildman–Crippen LogP) is 2.09. The molecule has 2 rings (SSSR count). The predicted molar refractivity (Wildman–Crippen MR) is 90.2 cm³/mol. The second-order valence-electron chi connectivity index (χ2n) is 5.80. The van der Waals surface area contributed by atoms with Gasteiger partial charge in [0, 0.05) is 19.3 Å². The highest BCUT2D eigenvalue weighted by Crippen LogP contribution is 2.05. The molecule has 0 radical (unpaired) electrons. The number of carbonyl (C=O) groups excluding carboxylic acids is 2. The van der Waals surface area contributed by atoms with Gasteiger partial charge in [0.1, 0.15) is 0 Å². The van der Waals surface area contributed by atoms with Crippen molar-refractivity contribution in [2.75, 3.05) is 13.7 Å². The zero-order valence-corrected chi connectivity index (χ0v) is 14.4. The molecule has 0 saturated heterocycles. The molecule has 6 heteroatoms. The fraction of sp³-hybridized carbons (Fsp3) is 0.389. The van der Waals surface area contributed by atoms with E-state index >= 15 is 0 Å². The number of likely N-dealkylation sites (N-methyl/N-ethyl adjacent to an activating group) is 1. The molecule has 2 aromatic rings. The molecular formula is C18H23N3O3. The van der Waals surface area contributed by atoms with Gasteiger partial charge >= 0.3 is 5.97 Å². The Labute approximate surface area is 142 Å². The zero-order chi connectivity index (χ0) is 17.5. The van der Waals surface area contributed by atoms with Crippen LogP contribution in [-0.4, -0.2) is 40.2 Å². The molecule has 0 spiro atoms. The second kappa shape index (κ2) is 8.29. The Kier molecular flexibility index (Phi) is 6.12. The van der Waals surface area contributed by atoms with E-state index in [1.54, 1.807) is 16.6 Å². The molecule has 0 unspecified atom stereocenters. The molecule has 24 heavy (non-hydrogen) atoms. The van der Waals surface area contributed by atoms with Crippen molar-refractivity contribution in [3.63, 3.8) is 0 Å². The van der Waals surface area contributed by atoms with E-state index in [9.17, 15) is 9.59 Å². The molecule has 0 bridgehead atoms. The topological polar surface area (TPSA) is 64.4 Å². The van der Waals surface area contributed by atoms with Crippen LogP contribution in [0.25, 0.3) is 0 Å². The molecular weight excluding hydrogens is 306 g/mol. The number of aromatic nitrogens is 2. The summed E-state index contributed by atoms with van der Waals surface area (Å²) in [4.78, 5) is 25.3. The molecule has 0 fully saturated rings. The lowest BCUT2D eigenvalue weighted by Gasteiger charge is -2.17. The van der Waals surface area contributed by atoms with E-state index in [1.807, 2.05) is 50.2 Å². The van der Waals surface area contributed by atoms with Gasteiger partial charge in [-0.25, -0.2) is 0 Å². The third kappa shape index (κ3) is 5.22. The van der Waals surface area contributed by atoms with Crippen LogP contribution in [0.15, 0.2) is 36.4 Å². The molecule has 1 amide bonds. The van der Waals surface area contributed by atoms with Gasteiger partial charge in [-0.3, -0.25) is 14.3 Å². The van der Waals surface area contributed by atoms with Crippen LogP contribution in [0, 0.1) is 13.8 Å². The van der Waals surface area contributed by atoms with E-state index in [1.165, 1.54) is 0 Å². The molecule has 1 aromatic carbocycles. The summed E-state index contributed by atoms with van der Waals surface area (Å²) >= 11 is 0. The number of hydrogen-bond donors (Lipinski definition) is 0. The first kappa shape index (κ1) is 17.7. The number of benzene rings is 1. The van der Waals surface area contributed by atoms with Crippen molar-refractivity contribution in [1.82, 2.24) is 14.7 Å². The third-order valence-electron chi connectivity index (χ3n) is 3.68. The molecule has 1 heterocycles. The van der Waals surface area contributed by atoms with Crippen LogP contribution < -0.4 is 0 Å². The number of nitrogens with zero attached hydrogens (tertiary/aromatic N) is 3. The summed E-state index contributed by atoms with van der Waals surface area (Å²) in [5.74, 6) is -0.623. The molecule has 0 atom stereocenters. The molecule has 0 aliphatic carbocycles. The van der Waals surface area contributed by atoms with E-state index in [2.05, 4.69) is 5.10 Å². The standard InChI is InChI=1S/C18H23N3O3/c1-14-11-15(2)21(19-14)10-9-18(23)24-13-17(22)20(3)12-16-7-5-4-6-8-16/h4-8,11H,9-10,12-13H2,1-3H3. The highest BCUT2D eigenvalue weighted by atomic mass is 16.5. The molecule has 0 saturated carbocycles. The van der Waals surface area contributed by atoms with Crippen LogP contribution in [0.4, 0.5) is 0 Å². The minimum absolute atomic E-state index is 0.192. The maximum absolute atomic E-state index is 12.0. The van der Waals surface area contributed by atoms with Gasteiger partial charge < -0.3 is 9.64 Å². The number of ether oxygens (including phenoxy) is 1. The van der Waals surface area contributed by atoms with Crippen molar-refractivity contribution in [3.05, 3.63) is 53.3 Å². The normalized spacial score (nSPS) is 10.5. The Morgan fingerprint density at radius 3 is 2.54 bits per heavy atom. The Morgan fingerprint density at radius 1 is 1.21 bits per heavy atom. The average molecular weight is 329 g/mol. The number of esters is 1. The van der Waals surface area contributed by atoms with Gasteiger partial charge in [-0.15, -0.1) is 0 Å². The fourth-order valence-electron chi connectivity index (χ4n) is 2.37. The summed E-state index contributed by atoms with van der Waals surface area (Å²) < 4.78 is 6.82. The van der Waals surface area contributed by atoms with Gasteiger partial charge in [0.15, 0.2) is 6.61 Å². The number of hydrogen-bond acceptors (Lipinski definition) is 4. The van der Waals surface area contributed by atoms with E-state index in [-0.39, 0.29) is 18.9 Å². The van der Waals surface area contributed by atoms with Crippen LogP contribution in [0.2, 0.25) is 0 Å². The van der Waals surface area contributed by atoms with Crippen LogP contribution in [0.5, 0.6) is 0 Å². The van der Waals surface area contributed by atoms with E-state index < -0.39 is 5.97 Å². The quantitative estimate of drug-likeness (QED) is 0.730. The van der Waals surface area contributed by atoms with E-state index in [0.29, 0.717) is 13.1 Å². The van der Waals surface area contributed by atoms with Gasteiger partial charge in [-0.05, 0) is 25.5 Å². The molecule has 128 valence electrons. The lowest BCUT2D eigenvalue weighted by molar-refractivity contribution is -0.151. The first-order valence-electron chi connectivity index (χ1n) is 7.90. The lowest BCUT2D eigenvalue weighted by Crippen LogP contribution is -2.31. The van der Waals surface area contributed by atoms with Gasteiger partial charge in [-0.2, -0.15) is 5.10 Å². The van der Waals surface area contributed by atoms with Crippen molar-refractivity contribution in [2.24, 2.45) is 0 Å². The lowest BCUT2D eigenvalue weighted by atomic mass is 10.2. The molecule has 6 nitrogen and oxygen atoms in total. The Bertz CT molecular complexity index is 695. The summed E-state index contributed by atoms with van der Waals surface area (Å²) in [6, 6.07) is 11.6. The fourth-order valence-corrected chi connectivity index (χ4v) is 2.37. The molecule has 0 N–H and O–H groups in total. The highest BCUT2D eigenvalue weighted by Gasteiger charge is 2.13. The number of amides is 1. The van der Waals surface area contributed by atoms with E-state index in [0.717, 1.165) is 17.0 Å². The SMILES string of the molecule is Cc1cc(C)n(CCC(=O)OCC(=O)N(C)Cc2ccccc2)n1. The largest absolute Gasteiger partial charge is 0.456 e. The minimum atomic E-state index is -0.399. The van der Waals surface area contributed by atoms with Crippen LogP contribution >= 0.6 is 0 Å². The monoisotopic (exact) mass is 329 g/mol. The molecule has 1 aromatic heterocycles. The summed E-state index contributed by atoms with van der Waals surface area (Å²) in [7, 11) is 1.69. The molecule has 0 aliphatic heterocycles. The van der Waals surface area contributed by atoms with Crippen molar-refractivity contribution in [1.29, 1.82) is 0 Å². The van der Waals surface area contributed by atoms with Crippen molar-refractivity contribution in [2.45, 2.75) is 33.4 Å². The summed E-state index contributed by atoms with van der Waals surface area (Å²) in [5, 5.41) is 4.29. The van der Waals surface area contributed by atoms with Crippen molar-refractivity contribution in [3.8, 4) is 0 Å². The van der Waals surface area contributed by atoms with Gasteiger partial charge in [0.2, 0.25) is 0 Å². The van der Waals surface area contributed by atoms with Crippen molar-refractivity contribution >= 4 is 11.9 Å². The summed E-state index contributed by atoms with van der Waals surface area (Å²) in [6.07, 6.45) is 0.192. The van der Waals surface area contributed by atoms with Crippen molar-refractivity contribution < 1.29 is 14.3 Å². The van der Waals surface area contributed by atoms with Crippen LogP contribution in [0.1, 0.15) is 23.4 Å². The zero-order valence-electron chi connectivity index (χ0n) is 14.4. The maximum Gasteiger partial charge on any atom is 0.308 e. The first-order chi connectivity index (χ1) is 11.5. The highest BCUT2D eigenvalue weighted by molar-refractivity contribution is 5.80. The van der Waals surface area contributed by atoms with E-state index in [4.69, 9.17) is 4.74 Å². The Hall–Kier alpha value is -2.63.